The molecule has 0 saturated heterocycles. The highest BCUT2D eigenvalue weighted by Gasteiger charge is 2.10. The van der Waals surface area contributed by atoms with Gasteiger partial charge in [0.15, 0.2) is 0 Å². The molecule has 0 fully saturated rings. The van der Waals surface area contributed by atoms with E-state index in [9.17, 15) is 0 Å². The van der Waals surface area contributed by atoms with Crippen molar-refractivity contribution in [2.75, 3.05) is 0 Å². The molecule has 4 heteroatoms. The Kier molecular flexibility index (Phi) is 3.03. The second-order valence-electron chi connectivity index (χ2n) is 4.18. The number of imidazole rings is 1. The Morgan fingerprint density at radius 3 is 2.83 bits per heavy atom. The SMILES string of the molecule is Cc1cccc2[nH]c(-c3cc(Cl)ccc3I)nc12. The average molecular weight is 369 g/mol. The molecule has 1 aromatic heterocycles. The molecule has 1 heterocycles. The largest absolute Gasteiger partial charge is 0.338 e. The number of benzene rings is 2. The van der Waals surface area contributed by atoms with Gasteiger partial charge in [-0.1, -0.05) is 23.7 Å². The Bertz CT molecular complexity index is 734. The maximum atomic E-state index is 6.05. The van der Waals surface area contributed by atoms with E-state index >= 15 is 0 Å². The highest BCUT2D eigenvalue weighted by molar-refractivity contribution is 14.1. The Morgan fingerprint density at radius 2 is 2.06 bits per heavy atom. The van der Waals surface area contributed by atoms with Gasteiger partial charge in [0.2, 0.25) is 0 Å². The standard InChI is InChI=1S/C14H10ClIN2/c1-8-3-2-4-12-13(8)18-14(17-12)10-7-9(15)5-6-11(10)16/h2-7H,1H3,(H,17,18). The van der Waals surface area contributed by atoms with E-state index in [4.69, 9.17) is 11.6 Å². The molecule has 0 aliphatic carbocycles. The second kappa shape index (κ2) is 4.55. The molecule has 3 aromatic rings. The summed E-state index contributed by atoms with van der Waals surface area (Å²) in [4.78, 5) is 8.01. The first-order valence-corrected chi connectivity index (χ1v) is 7.01. The predicted molar refractivity (Wildman–Crippen MR) is 84.0 cm³/mol. The first kappa shape index (κ1) is 12.0. The summed E-state index contributed by atoms with van der Waals surface area (Å²) in [6, 6.07) is 12.0. The zero-order valence-electron chi connectivity index (χ0n) is 9.67. The molecule has 2 nitrogen and oxygen atoms in total. The molecule has 1 N–H and O–H groups in total. The lowest BCUT2D eigenvalue weighted by Gasteiger charge is -2.01. The summed E-state index contributed by atoms with van der Waals surface area (Å²) in [7, 11) is 0. The molecule has 0 amide bonds. The van der Waals surface area contributed by atoms with Crippen LogP contribution in [0.1, 0.15) is 5.56 Å². The van der Waals surface area contributed by atoms with Crippen LogP contribution in [0.5, 0.6) is 0 Å². The molecule has 3 rings (SSSR count). The third-order valence-electron chi connectivity index (χ3n) is 2.90. The van der Waals surface area contributed by atoms with Gasteiger partial charge >= 0.3 is 0 Å². The number of halogens is 2. The Balaban J connectivity index is 2.26. The first-order valence-electron chi connectivity index (χ1n) is 5.56. The quantitative estimate of drug-likeness (QED) is 0.614. The van der Waals surface area contributed by atoms with E-state index in [1.54, 1.807) is 0 Å². The normalized spacial score (nSPS) is 11.1. The summed E-state index contributed by atoms with van der Waals surface area (Å²) in [5, 5.41) is 0.725. The van der Waals surface area contributed by atoms with Crippen LogP contribution in [-0.4, -0.2) is 9.97 Å². The van der Waals surface area contributed by atoms with Gasteiger partial charge < -0.3 is 4.98 Å². The van der Waals surface area contributed by atoms with Gasteiger partial charge in [-0.2, -0.15) is 0 Å². The number of hydrogen-bond acceptors (Lipinski definition) is 1. The van der Waals surface area contributed by atoms with Gasteiger partial charge in [-0.3, -0.25) is 0 Å². The van der Waals surface area contributed by atoms with Crippen molar-refractivity contribution < 1.29 is 0 Å². The van der Waals surface area contributed by atoms with Crippen molar-refractivity contribution in [2.45, 2.75) is 6.92 Å². The third kappa shape index (κ3) is 2.01. The van der Waals surface area contributed by atoms with Crippen LogP contribution in [0.3, 0.4) is 0 Å². The summed E-state index contributed by atoms with van der Waals surface area (Å²) in [5.41, 5.74) is 4.29. The minimum atomic E-state index is 0.725. The van der Waals surface area contributed by atoms with Gasteiger partial charge in [0.1, 0.15) is 5.82 Å². The number of fused-ring (bicyclic) bond motifs is 1. The maximum absolute atomic E-state index is 6.05. The number of nitrogens with zero attached hydrogens (tertiary/aromatic N) is 1. The topological polar surface area (TPSA) is 28.7 Å². The lowest BCUT2D eigenvalue weighted by atomic mass is 10.2. The van der Waals surface area contributed by atoms with Crippen molar-refractivity contribution in [3.05, 3.63) is 50.6 Å². The minimum Gasteiger partial charge on any atom is -0.338 e. The highest BCUT2D eigenvalue weighted by atomic mass is 127. The van der Waals surface area contributed by atoms with Crippen molar-refractivity contribution in [3.8, 4) is 11.4 Å². The number of aromatic amines is 1. The monoisotopic (exact) mass is 368 g/mol. The molecule has 0 unspecified atom stereocenters. The molecule has 0 bridgehead atoms. The number of aryl methyl sites for hydroxylation is 1. The highest BCUT2D eigenvalue weighted by Crippen LogP contribution is 2.28. The molecule has 0 spiro atoms. The van der Waals surface area contributed by atoms with Gasteiger partial charge in [-0.15, -0.1) is 0 Å². The van der Waals surface area contributed by atoms with Crippen LogP contribution in [0.15, 0.2) is 36.4 Å². The van der Waals surface area contributed by atoms with E-state index < -0.39 is 0 Å². The van der Waals surface area contributed by atoms with Gasteiger partial charge in [0, 0.05) is 14.2 Å². The predicted octanol–water partition coefficient (Wildman–Crippen LogP) is 4.80. The number of H-pyrrole nitrogens is 1. The molecule has 90 valence electrons. The van der Waals surface area contributed by atoms with Gasteiger partial charge in [0.25, 0.3) is 0 Å². The van der Waals surface area contributed by atoms with E-state index in [0.29, 0.717) is 0 Å². The summed E-state index contributed by atoms with van der Waals surface area (Å²) in [5.74, 6) is 0.867. The van der Waals surface area contributed by atoms with Crippen LogP contribution in [-0.2, 0) is 0 Å². The minimum absolute atomic E-state index is 0.725. The lowest BCUT2D eigenvalue weighted by molar-refractivity contribution is 1.32. The zero-order chi connectivity index (χ0) is 12.7. The number of hydrogen-bond donors (Lipinski definition) is 1. The summed E-state index contributed by atoms with van der Waals surface area (Å²) >= 11 is 8.35. The third-order valence-corrected chi connectivity index (χ3v) is 4.07. The van der Waals surface area contributed by atoms with Crippen molar-refractivity contribution >= 4 is 45.2 Å². The smallest absolute Gasteiger partial charge is 0.139 e. The molecule has 0 aliphatic rings. The van der Waals surface area contributed by atoms with Crippen molar-refractivity contribution in [3.63, 3.8) is 0 Å². The number of para-hydroxylation sites is 1. The number of rotatable bonds is 1. The summed E-state index contributed by atoms with van der Waals surface area (Å²) < 4.78 is 1.13. The molecule has 0 radical (unpaired) electrons. The van der Waals surface area contributed by atoms with Crippen LogP contribution in [0.2, 0.25) is 5.02 Å². The fourth-order valence-corrected chi connectivity index (χ4v) is 2.75. The van der Waals surface area contributed by atoms with E-state index in [1.807, 2.05) is 30.3 Å². The van der Waals surface area contributed by atoms with E-state index in [-0.39, 0.29) is 0 Å². The van der Waals surface area contributed by atoms with Crippen LogP contribution in [0.4, 0.5) is 0 Å². The Labute approximate surface area is 124 Å². The fourth-order valence-electron chi connectivity index (χ4n) is 1.98. The van der Waals surface area contributed by atoms with E-state index in [1.165, 1.54) is 5.56 Å². The molecular weight excluding hydrogens is 359 g/mol. The molecule has 18 heavy (non-hydrogen) atoms. The van der Waals surface area contributed by atoms with Crippen molar-refractivity contribution in [2.24, 2.45) is 0 Å². The molecule has 2 aromatic carbocycles. The zero-order valence-corrected chi connectivity index (χ0v) is 12.6. The average Bonchev–Trinajstić information content (AvgIpc) is 2.77. The Hall–Kier alpha value is -1.07. The van der Waals surface area contributed by atoms with Crippen LogP contribution in [0, 0.1) is 10.5 Å². The van der Waals surface area contributed by atoms with E-state index in [2.05, 4.69) is 45.5 Å². The molecular formula is C14H10ClIN2. The summed E-state index contributed by atoms with van der Waals surface area (Å²) in [6.45, 7) is 2.07. The maximum Gasteiger partial charge on any atom is 0.139 e. The van der Waals surface area contributed by atoms with Crippen LogP contribution in [0.25, 0.3) is 22.4 Å². The Morgan fingerprint density at radius 1 is 1.22 bits per heavy atom. The second-order valence-corrected chi connectivity index (χ2v) is 5.78. The molecule has 0 saturated carbocycles. The molecule has 0 atom stereocenters. The first-order chi connectivity index (χ1) is 8.65. The van der Waals surface area contributed by atoms with Gasteiger partial charge in [-0.05, 0) is 59.3 Å². The van der Waals surface area contributed by atoms with Gasteiger partial charge in [0.05, 0.1) is 11.0 Å². The molecule has 0 aliphatic heterocycles. The van der Waals surface area contributed by atoms with Gasteiger partial charge in [-0.25, -0.2) is 4.98 Å². The van der Waals surface area contributed by atoms with Crippen LogP contribution >= 0.6 is 34.2 Å². The number of nitrogens with one attached hydrogen (secondary N) is 1. The summed E-state index contributed by atoms with van der Waals surface area (Å²) in [6.07, 6.45) is 0. The number of aromatic nitrogens is 2. The van der Waals surface area contributed by atoms with Crippen molar-refractivity contribution in [1.82, 2.24) is 9.97 Å². The van der Waals surface area contributed by atoms with E-state index in [0.717, 1.165) is 31.0 Å². The fraction of sp³-hybridized carbons (Fsp3) is 0.0714. The van der Waals surface area contributed by atoms with Crippen molar-refractivity contribution in [1.29, 1.82) is 0 Å². The lowest BCUT2D eigenvalue weighted by Crippen LogP contribution is -1.85. The van der Waals surface area contributed by atoms with Crippen LogP contribution < -0.4 is 0 Å².